The third-order valence-corrected chi connectivity index (χ3v) is 3.39. The van der Waals surface area contributed by atoms with Crippen LogP contribution in [0.5, 0.6) is 0 Å². The molecule has 0 saturated carbocycles. The van der Waals surface area contributed by atoms with Crippen LogP contribution < -0.4 is 11.1 Å². The maximum atomic E-state index is 12.1. The van der Waals surface area contributed by atoms with Crippen molar-refractivity contribution in [2.24, 2.45) is 5.73 Å². The van der Waals surface area contributed by atoms with Crippen molar-refractivity contribution in [3.8, 4) is 0 Å². The Bertz CT molecular complexity index is 608. The van der Waals surface area contributed by atoms with E-state index in [2.05, 4.69) is 5.32 Å². The highest BCUT2D eigenvalue weighted by atomic mass is 35.5. The van der Waals surface area contributed by atoms with Gasteiger partial charge in [0.05, 0.1) is 10.6 Å². The number of carbonyl (C=O) groups is 1. The third-order valence-electron chi connectivity index (χ3n) is 3.08. The Morgan fingerprint density at radius 2 is 1.80 bits per heavy atom. The molecule has 4 heteroatoms. The van der Waals surface area contributed by atoms with Crippen LogP contribution >= 0.6 is 11.6 Å². The van der Waals surface area contributed by atoms with E-state index in [4.69, 9.17) is 17.3 Å². The summed E-state index contributed by atoms with van der Waals surface area (Å²) in [4.78, 5) is 12.1. The second-order valence-corrected chi connectivity index (χ2v) is 5.09. The summed E-state index contributed by atoms with van der Waals surface area (Å²) >= 11 is 6.07. The van der Waals surface area contributed by atoms with Crippen LogP contribution in [0.3, 0.4) is 0 Å². The van der Waals surface area contributed by atoms with Gasteiger partial charge in [0.25, 0.3) is 5.91 Å². The molecule has 2 aromatic carbocycles. The molecule has 0 radical (unpaired) electrons. The molecular weight excluding hydrogens is 272 g/mol. The van der Waals surface area contributed by atoms with Crippen LogP contribution in [0, 0.1) is 6.92 Å². The molecule has 20 heavy (non-hydrogen) atoms. The van der Waals surface area contributed by atoms with Crippen molar-refractivity contribution < 1.29 is 4.79 Å². The summed E-state index contributed by atoms with van der Waals surface area (Å²) in [5.41, 5.74) is 9.17. The van der Waals surface area contributed by atoms with Crippen LogP contribution in [-0.4, -0.2) is 5.91 Å². The minimum absolute atomic E-state index is 0.169. The van der Waals surface area contributed by atoms with Crippen molar-refractivity contribution in [1.29, 1.82) is 0 Å². The van der Waals surface area contributed by atoms with E-state index in [1.165, 1.54) is 0 Å². The van der Waals surface area contributed by atoms with E-state index in [1.54, 1.807) is 12.1 Å². The zero-order valence-corrected chi connectivity index (χ0v) is 12.1. The minimum atomic E-state index is -0.169. The van der Waals surface area contributed by atoms with Gasteiger partial charge in [0.15, 0.2) is 0 Å². The van der Waals surface area contributed by atoms with E-state index >= 15 is 0 Å². The van der Waals surface area contributed by atoms with Crippen molar-refractivity contribution in [2.75, 3.05) is 0 Å². The molecule has 0 aliphatic heterocycles. The fourth-order valence-corrected chi connectivity index (χ4v) is 2.20. The highest BCUT2D eigenvalue weighted by molar-refractivity contribution is 6.33. The topological polar surface area (TPSA) is 55.1 Å². The first-order chi connectivity index (χ1) is 9.60. The van der Waals surface area contributed by atoms with Gasteiger partial charge < -0.3 is 11.1 Å². The zero-order valence-electron chi connectivity index (χ0n) is 11.3. The van der Waals surface area contributed by atoms with Gasteiger partial charge in [-0.1, -0.05) is 41.9 Å². The molecule has 0 fully saturated rings. The molecule has 3 N–H and O–H groups in total. The summed E-state index contributed by atoms with van der Waals surface area (Å²) in [5, 5.41) is 3.33. The predicted molar refractivity (Wildman–Crippen MR) is 81.7 cm³/mol. The standard InChI is InChI=1S/C16H17ClN2O/c1-11-2-7-14(15(17)8-11)16(20)19-10-13-5-3-12(9-18)4-6-13/h2-8H,9-10,18H2,1H3,(H,19,20). The zero-order chi connectivity index (χ0) is 14.5. The number of carbonyl (C=O) groups excluding carboxylic acids is 1. The molecule has 0 spiro atoms. The second kappa shape index (κ2) is 6.55. The predicted octanol–water partition coefficient (Wildman–Crippen LogP) is 3.04. The normalized spacial score (nSPS) is 10.3. The van der Waals surface area contributed by atoms with Crippen molar-refractivity contribution >= 4 is 17.5 Å². The summed E-state index contributed by atoms with van der Waals surface area (Å²) in [7, 11) is 0. The highest BCUT2D eigenvalue weighted by Gasteiger charge is 2.09. The Morgan fingerprint density at radius 3 is 2.40 bits per heavy atom. The number of amides is 1. The molecule has 0 aliphatic carbocycles. The number of hydrogen-bond donors (Lipinski definition) is 2. The van der Waals surface area contributed by atoms with Crippen molar-refractivity contribution in [3.05, 3.63) is 69.7 Å². The fourth-order valence-electron chi connectivity index (χ4n) is 1.88. The third kappa shape index (κ3) is 3.59. The molecule has 0 unspecified atom stereocenters. The fraction of sp³-hybridized carbons (Fsp3) is 0.188. The first kappa shape index (κ1) is 14.6. The molecule has 1 amide bonds. The Balaban J connectivity index is 2.00. The second-order valence-electron chi connectivity index (χ2n) is 4.69. The first-order valence-corrected chi connectivity index (χ1v) is 6.80. The number of nitrogens with two attached hydrogens (primary N) is 1. The van der Waals surface area contributed by atoms with Gasteiger partial charge in [-0.3, -0.25) is 4.79 Å². The van der Waals surface area contributed by atoms with Gasteiger partial charge in [0.2, 0.25) is 0 Å². The Kier molecular flexibility index (Phi) is 4.77. The maximum absolute atomic E-state index is 12.1. The Hall–Kier alpha value is -1.84. The van der Waals surface area contributed by atoms with Gasteiger partial charge in [-0.05, 0) is 35.7 Å². The van der Waals surface area contributed by atoms with Crippen LogP contribution in [0.2, 0.25) is 5.02 Å². The maximum Gasteiger partial charge on any atom is 0.253 e. The van der Waals surface area contributed by atoms with Gasteiger partial charge in [0.1, 0.15) is 0 Å². The number of rotatable bonds is 4. The van der Waals surface area contributed by atoms with E-state index in [-0.39, 0.29) is 5.91 Å². The van der Waals surface area contributed by atoms with Gasteiger partial charge in [-0.15, -0.1) is 0 Å². The van der Waals surface area contributed by atoms with Crippen LogP contribution in [0.4, 0.5) is 0 Å². The number of aryl methyl sites for hydroxylation is 1. The van der Waals surface area contributed by atoms with Crippen molar-refractivity contribution in [1.82, 2.24) is 5.32 Å². The van der Waals surface area contributed by atoms with Crippen LogP contribution in [-0.2, 0) is 13.1 Å². The summed E-state index contributed by atoms with van der Waals surface area (Å²) in [6.45, 7) is 2.92. The quantitative estimate of drug-likeness (QED) is 0.908. The van der Waals surface area contributed by atoms with Gasteiger partial charge in [-0.25, -0.2) is 0 Å². The summed E-state index contributed by atoms with van der Waals surface area (Å²) in [5.74, 6) is -0.169. The average molecular weight is 289 g/mol. The summed E-state index contributed by atoms with van der Waals surface area (Å²) in [6, 6.07) is 13.2. The Labute approximate surface area is 123 Å². The van der Waals surface area contributed by atoms with E-state index in [0.29, 0.717) is 23.7 Å². The van der Waals surface area contributed by atoms with E-state index in [1.807, 2.05) is 37.3 Å². The monoisotopic (exact) mass is 288 g/mol. The smallest absolute Gasteiger partial charge is 0.253 e. The molecule has 2 rings (SSSR count). The molecular formula is C16H17ClN2O. The molecule has 104 valence electrons. The summed E-state index contributed by atoms with van der Waals surface area (Å²) in [6.07, 6.45) is 0. The molecule has 0 aliphatic rings. The number of halogens is 1. The summed E-state index contributed by atoms with van der Waals surface area (Å²) < 4.78 is 0. The molecule has 0 aromatic heterocycles. The lowest BCUT2D eigenvalue weighted by Crippen LogP contribution is -2.23. The van der Waals surface area contributed by atoms with Crippen molar-refractivity contribution in [2.45, 2.75) is 20.0 Å². The lowest BCUT2D eigenvalue weighted by molar-refractivity contribution is 0.0951. The SMILES string of the molecule is Cc1ccc(C(=O)NCc2ccc(CN)cc2)c(Cl)c1. The van der Waals surface area contributed by atoms with Crippen LogP contribution in [0.1, 0.15) is 27.0 Å². The molecule has 0 bridgehead atoms. The number of hydrogen-bond acceptors (Lipinski definition) is 2. The van der Waals surface area contributed by atoms with Gasteiger partial charge >= 0.3 is 0 Å². The lowest BCUT2D eigenvalue weighted by atomic mass is 10.1. The largest absolute Gasteiger partial charge is 0.348 e. The Morgan fingerprint density at radius 1 is 1.15 bits per heavy atom. The molecule has 0 atom stereocenters. The van der Waals surface area contributed by atoms with Gasteiger partial charge in [0, 0.05) is 13.1 Å². The number of nitrogens with one attached hydrogen (secondary N) is 1. The molecule has 2 aromatic rings. The van der Waals surface area contributed by atoms with Crippen LogP contribution in [0.15, 0.2) is 42.5 Å². The van der Waals surface area contributed by atoms with E-state index in [9.17, 15) is 4.79 Å². The molecule has 0 saturated heterocycles. The highest BCUT2D eigenvalue weighted by Crippen LogP contribution is 2.17. The van der Waals surface area contributed by atoms with E-state index in [0.717, 1.165) is 16.7 Å². The van der Waals surface area contributed by atoms with Crippen molar-refractivity contribution in [3.63, 3.8) is 0 Å². The van der Waals surface area contributed by atoms with E-state index < -0.39 is 0 Å². The van der Waals surface area contributed by atoms with Gasteiger partial charge in [-0.2, -0.15) is 0 Å². The first-order valence-electron chi connectivity index (χ1n) is 6.42. The lowest BCUT2D eigenvalue weighted by Gasteiger charge is -2.08. The average Bonchev–Trinajstić information content (AvgIpc) is 2.45. The molecule has 0 heterocycles. The number of benzene rings is 2. The molecule has 3 nitrogen and oxygen atoms in total. The van der Waals surface area contributed by atoms with Crippen LogP contribution in [0.25, 0.3) is 0 Å². The minimum Gasteiger partial charge on any atom is -0.348 e.